The zero-order valence-corrected chi connectivity index (χ0v) is 15.2. The van der Waals surface area contributed by atoms with Gasteiger partial charge in [-0.25, -0.2) is 4.39 Å². The highest BCUT2D eigenvalue weighted by molar-refractivity contribution is 5.85. The molecule has 2 aliphatic rings. The van der Waals surface area contributed by atoms with E-state index in [4.69, 9.17) is 14.2 Å². The number of morpholine rings is 1. The van der Waals surface area contributed by atoms with E-state index in [1.54, 1.807) is 6.07 Å². The average Bonchev–Trinajstić information content (AvgIpc) is 3.12. The lowest BCUT2D eigenvalue weighted by Crippen LogP contribution is -2.36. The Morgan fingerprint density at radius 1 is 1.04 bits per heavy atom. The van der Waals surface area contributed by atoms with Crippen LogP contribution in [-0.2, 0) is 17.8 Å². The number of rotatable bonds is 5. The number of nitrogens with zero attached hydrogens (tertiary/aromatic N) is 1. The van der Waals surface area contributed by atoms with Crippen LogP contribution in [0.4, 0.5) is 10.1 Å². The van der Waals surface area contributed by atoms with E-state index in [2.05, 4.69) is 5.32 Å². The van der Waals surface area contributed by atoms with Crippen LogP contribution in [0.1, 0.15) is 11.1 Å². The van der Waals surface area contributed by atoms with Crippen LogP contribution in [0.25, 0.3) is 0 Å². The summed E-state index contributed by atoms with van der Waals surface area (Å²) in [6.07, 6.45) is 0. The van der Waals surface area contributed by atoms with Crippen LogP contribution >= 0.6 is 12.4 Å². The highest BCUT2D eigenvalue weighted by Crippen LogP contribution is 2.35. The zero-order chi connectivity index (χ0) is 17.1. The Morgan fingerprint density at radius 2 is 1.88 bits per heavy atom. The van der Waals surface area contributed by atoms with Crippen molar-refractivity contribution in [2.75, 3.05) is 38.0 Å². The summed E-state index contributed by atoms with van der Waals surface area (Å²) in [6.45, 7) is 4.25. The first-order chi connectivity index (χ1) is 12.3. The summed E-state index contributed by atoms with van der Waals surface area (Å²) in [5.41, 5.74) is 2.61. The summed E-state index contributed by atoms with van der Waals surface area (Å²) in [5, 5.41) is 3.34. The second-order valence-corrected chi connectivity index (χ2v) is 6.14. The molecule has 4 rings (SSSR count). The Kier molecular flexibility index (Phi) is 6.19. The number of para-hydroxylation sites is 1. The topological polar surface area (TPSA) is 43.0 Å². The predicted molar refractivity (Wildman–Crippen MR) is 99.8 cm³/mol. The van der Waals surface area contributed by atoms with Crippen LogP contribution in [0.5, 0.6) is 11.5 Å². The maximum Gasteiger partial charge on any atom is 0.231 e. The number of anilines is 1. The second kappa shape index (κ2) is 8.58. The van der Waals surface area contributed by atoms with Gasteiger partial charge in [-0.05, 0) is 23.8 Å². The van der Waals surface area contributed by atoms with E-state index in [0.717, 1.165) is 35.7 Å². The van der Waals surface area contributed by atoms with Gasteiger partial charge < -0.3 is 24.4 Å². The number of hydrogen-bond donors (Lipinski definition) is 1. The summed E-state index contributed by atoms with van der Waals surface area (Å²) in [7, 11) is 0. The maximum absolute atomic E-state index is 14.4. The number of halogens is 2. The molecule has 0 aliphatic carbocycles. The highest BCUT2D eigenvalue weighted by atomic mass is 35.5. The number of ether oxygens (including phenoxy) is 3. The standard InChI is InChI=1S/C19H21FN2O3.ClH/c20-16-10-14(4-5-17(16)22-6-8-23-9-7-22)11-21-12-15-2-1-3-18-19(15)25-13-24-18;/h1-5,10,21H,6-9,11-13H2;1H. The van der Waals surface area contributed by atoms with Gasteiger partial charge in [-0.15, -0.1) is 12.4 Å². The van der Waals surface area contributed by atoms with Gasteiger partial charge in [0.05, 0.1) is 18.9 Å². The number of nitrogens with one attached hydrogen (secondary N) is 1. The van der Waals surface area contributed by atoms with E-state index in [1.807, 2.05) is 35.2 Å². The second-order valence-electron chi connectivity index (χ2n) is 6.14. The predicted octanol–water partition coefficient (Wildman–Crippen LogP) is 3.10. The molecule has 2 heterocycles. The van der Waals surface area contributed by atoms with Gasteiger partial charge in [0, 0.05) is 31.7 Å². The van der Waals surface area contributed by atoms with Crippen LogP contribution in [0.3, 0.4) is 0 Å². The van der Waals surface area contributed by atoms with Crippen LogP contribution in [-0.4, -0.2) is 33.1 Å². The molecule has 0 radical (unpaired) electrons. The Hall–Kier alpha value is -2.02. The van der Waals surface area contributed by atoms with Gasteiger partial charge in [-0.1, -0.05) is 18.2 Å². The summed E-state index contributed by atoms with van der Waals surface area (Å²) < 4.78 is 30.6. The van der Waals surface area contributed by atoms with Crippen LogP contribution in [0.15, 0.2) is 36.4 Å². The molecule has 2 aromatic carbocycles. The molecule has 0 atom stereocenters. The average molecular weight is 381 g/mol. The van der Waals surface area contributed by atoms with Crippen molar-refractivity contribution >= 4 is 18.1 Å². The summed E-state index contributed by atoms with van der Waals surface area (Å²) in [5.74, 6) is 1.39. The van der Waals surface area contributed by atoms with E-state index in [0.29, 0.717) is 32.0 Å². The van der Waals surface area contributed by atoms with E-state index in [1.165, 1.54) is 0 Å². The van der Waals surface area contributed by atoms with Gasteiger partial charge in [0.1, 0.15) is 5.82 Å². The molecule has 1 fully saturated rings. The Bertz CT molecular complexity index is 754. The Morgan fingerprint density at radius 3 is 2.69 bits per heavy atom. The van der Waals surface area contributed by atoms with Crippen molar-refractivity contribution in [3.05, 3.63) is 53.3 Å². The molecule has 2 aromatic rings. The Balaban J connectivity index is 0.00000196. The molecular formula is C19H22ClFN2O3. The molecule has 140 valence electrons. The van der Waals surface area contributed by atoms with Gasteiger partial charge in [0.25, 0.3) is 0 Å². The molecule has 5 nitrogen and oxygen atoms in total. The third-order valence-corrected chi connectivity index (χ3v) is 4.49. The first-order valence-corrected chi connectivity index (χ1v) is 8.50. The monoisotopic (exact) mass is 380 g/mol. The highest BCUT2D eigenvalue weighted by Gasteiger charge is 2.17. The van der Waals surface area contributed by atoms with Gasteiger partial charge in [-0.2, -0.15) is 0 Å². The summed E-state index contributed by atoms with van der Waals surface area (Å²) >= 11 is 0. The van der Waals surface area contributed by atoms with Gasteiger partial charge >= 0.3 is 0 Å². The smallest absolute Gasteiger partial charge is 0.231 e. The van der Waals surface area contributed by atoms with Crippen molar-refractivity contribution in [2.45, 2.75) is 13.1 Å². The number of hydrogen-bond acceptors (Lipinski definition) is 5. The molecule has 0 saturated carbocycles. The molecule has 2 aliphatic heterocycles. The molecule has 0 unspecified atom stereocenters. The number of fused-ring (bicyclic) bond motifs is 1. The largest absolute Gasteiger partial charge is 0.454 e. The van der Waals surface area contributed by atoms with Crippen LogP contribution in [0, 0.1) is 5.82 Å². The first kappa shape index (κ1) is 18.8. The van der Waals surface area contributed by atoms with E-state index in [-0.39, 0.29) is 25.0 Å². The molecule has 1 saturated heterocycles. The summed E-state index contributed by atoms with van der Waals surface area (Å²) in [4.78, 5) is 2.03. The van der Waals surface area contributed by atoms with Crippen molar-refractivity contribution in [3.8, 4) is 11.5 Å². The lowest BCUT2D eigenvalue weighted by atomic mass is 10.1. The van der Waals surface area contributed by atoms with Crippen molar-refractivity contribution in [1.29, 1.82) is 0 Å². The number of benzene rings is 2. The first-order valence-electron chi connectivity index (χ1n) is 8.50. The third-order valence-electron chi connectivity index (χ3n) is 4.49. The molecule has 0 amide bonds. The fourth-order valence-electron chi connectivity index (χ4n) is 3.19. The molecule has 26 heavy (non-hydrogen) atoms. The summed E-state index contributed by atoms with van der Waals surface area (Å²) in [6, 6.07) is 11.3. The minimum atomic E-state index is -0.182. The lowest BCUT2D eigenvalue weighted by Gasteiger charge is -2.29. The van der Waals surface area contributed by atoms with Crippen molar-refractivity contribution in [2.24, 2.45) is 0 Å². The van der Waals surface area contributed by atoms with Crippen LogP contribution < -0.4 is 19.7 Å². The van der Waals surface area contributed by atoms with Crippen molar-refractivity contribution < 1.29 is 18.6 Å². The minimum Gasteiger partial charge on any atom is -0.454 e. The SMILES string of the molecule is Cl.Fc1cc(CNCc2cccc3c2OCO3)ccc1N1CCOCC1. The van der Waals surface area contributed by atoms with E-state index < -0.39 is 0 Å². The molecular weight excluding hydrogens is 359 g/mol. The van der Waals surface area contributed by atoms with Crippen LogP contribution in [0.2, 0.25) is 0 Å². The van der Waals surface area contributed by atoms with Crippen molar-refractivity contribution in [1.82, 2.24) is 5.32 Å². The minimum absolute atomic E-state index is 0. The fraction of sp³-hybridized carbons (Fsp3) is 0.368. The maximum atomic E-state index is 14.4. The quantitative estimate of drug-likeness (QED) is 0.863. The van der Waals surface area contributed by atoms with Gasteiger partial charge in [0.2, 0.25) is 6.79 Å². The molecule has 0 aromatic heterocycles. The normalized spacial score (nSPS) is 15.7. The van der Waals surface area contributed by atoms with Gasteiger partial charge in [0.15, 0.2) is 11.5 Å². The zero-order valence-electron chi connectivity index (χ0n) is 14.4. The fourth-order valence-corrected chi connectivity index (χ4v) is 3.19. The van der Waals surface area contributed by atoms with Crippen molar-refractivity contribution in [3.63, 3.8) is 0 Å². The molecule has 7 heteroatoms. The lowest BCUT2D eigenvalue weighted by molar-refractivity contribution is 0.122. The Labute approximate surface area is 158 Å². The van der Waals surface area contributed by atoms with Gasteiger partial charge in [-0.3, -0.25) is 0 Å². The molecule has 0 bridgehead atoms. The third kappa shape index (κ3) is 4.03. The van der Waals surface area contributed by atoms with E-state index >= 15 is 0 Å². The molecule has 1 N–H and O–H groups in total. The van der Waals surface area contributed by atoms with E-state index in [9.17, 15) is 4.39 Å². The molecule has 0 spiro atoms.